The van der Waals surface area contributed by atoms with Crippen molar-refractivity contribution in [1.29, 1.82) is 0 Å². The number of hydrogen-bond donors (Lipinski definition) is 2. The number of aryl methyl sites for hydroxylation is 1. The van der Waals surface area contributed by atoms with Crippen molar-refractivity contribution in [3.8, 4) is 34.4 Å². The summed E-state index contributed by atoms with van der Waals surface area (Å²) in [7, 11) is 3.24. The molecule has 0 radical (unpaired) electrons. The van der Waals surface area contributed by atoms with Crippen molar-refractivity contribution in [2.45, 2.75) is 33.2 Å². The molecule has 1 aromatic heterocycles. The average Bonchev–Trinajstić information content (AvgIpc) is 2.77. The fraction of sp³-hybridized carbons (Fsp3) is 0.412. The number of benzene rings is 1. The van der Waals surface area contributed by atoms with E-state index in [1.807, 2.05) is 19.9 Å². The van der Waals surface area contributed by atoms with E-state index < -0.39 is 0 Å². The normalized spacial score (nSPS) is 12.7. The van der Waals surface area contributed by atoms with Crippen molar-refractivity contribution >= 4 is 0 Å². The van der Waals surface area contributed by atoms with Crippen molar-refractivity contribution in [2.24, 2.45) is 0 Å². The second-order valence-electron chi connectivity index (χ2n) is 5.53. The second-order valence-corrected chi connectivity index (χ2v) is 5.53. The highest BCUT2D eigenvalue weighted by Crippen LogP contribution is 2.51. The molecule has 0 amide bonds. The van der Waals surface area contributed by atoms with Gasteiger partial charge in [0, 0.05) is 17.7 Å². The number of fused-ring (bicyclic) bond motifs is 3. The van der Waals surface area contributed by atoms with Crippen LogP contribution in [0, 0.1) is 6.92 Å². The molecule has 1 aliphatic rings. The molecule has 118 valence electrons. The molecule has 22 heavy (non-hydrogen) atoms. The number of aromatic hydroxyl groups is 2. The molecule has 1 heterocycles. The molecule has 0 aliphatic heterocycles. The number of nitrogens with zero attached hydrogens (tertiary/aromatic N) is 1. The predicted molar refractivity (Wildman–Crippen MR) is 84.1 cm³/mol. The van der Waals surface area contributed by atoms with Crippen LogP contribution in [0.15, 0.2) is 6.07 Å². The van der Waals surface area contributed by atoms with Crippen LogP contribution in [0.1, 0.15) is 23.6 Å². The molecular weight excluding hydrogens is 282 g/mol. The zero-order valence-electron chi connectivity index (χ0n) is 13.4. The first-order valence-electron chi connectivity index (χ1n) is 7.43. The zero-order chi connectivity index (χ0) is 16.0. The highest BCUT2D eigenvalue weighted by atomic mass is 16.5. The van der Waals surface area contributed by atoms with E-state index in [4.69, 9.17) is 9.47 Å². The Bertz CT molecular complexity index is 746. The second kappa shape index (κ2) is 5.16. The summed E-state index contributed by atoms with van der Waals surface area (Å²) in [5, 5.41) is 20.9. The molecule has 3 rings (SSSR count). The van der Waals surface area contributed by atoms with E-state index in [-0.39, 0.29) is 11.8 Å². The van der Waals surface area contributed by atoms with E-state index in [1.165, 1.54) is 4.57 Å². The number of hydrogen-bond acceptors (Lipinski definition) is 4. The lowest BCUT2D eigenvalue weighted by Crippen LogP contribution is -2.07. The molecule has 0 unspecified atom stereocenters. The van der Waals surface area contributed by atoms with E-state index in [1.54, 1.807) is 14.2 Å². The van der Waals surface area contributed by atoms with E-state index in [9.17, 15) is 10.2 Å². The fourth-order valence-corrected chi connectivity index (χ4v) is 3.49. The number of ether oxygens (including phenoxy) is 2. The molecule has 0 spiro atoms. The van der Waals surface area contributed by atoms with Gasteiger partial charge in [0.1, 0.15) is 0 Å². The van der Waals surface area contributed by atoms with Gasteiger partial charge in [0.15, 0.2) is 17.4 Å². The van der Waals surface area contributed by atoms with Crippen LogP contribution in [0.3, 0.4) is 0 Å². The first-order valence-corrected chi connectivity index (χ1v) is 7.43. The van der Waals surface area contributed by atoms with Crippen molar-refractivity contribution < 1.29 is 19.7 Å². The molecule has 1 aromatic carbocycles. The quantitative estimate of drug-likeness (QED) is 0.915. The Morgan fingerprint density at radius 3 is 2.32 bits per heavy atom. The lowest BCUT2D eigenvalue weighted by Gasteiger charge is -2.23. The molecule has 2 aromatic rings. The maximum Gasteiger partial charge on any atom is 0.202 e. The molecule has 2 N–H and O–H groups in total. The van der Waals surface area contributed by atoms with Gasteiger partial charge in [0.25, 0.3) is 0 Å². The van der Waals surface area contributed by atoms with Crippen LogP contribution in [-0.4, -0.2) is 29.0 Å². The number of methoxy groups -OCH3 is 2. The highest BCUT2D eigenvalue weighted by Gasteiger charge is 2.31. The van der Waals surface area contributed by atoms with Gasteiger partial charge < -0.3 is 19.7 Å². The van der Waals surface area contributed by atoms with Crippen LogP contribution < -0.4 is 9.47 Å². The van der Waals surface area contributed by atoms with Gasteiger partial charge in [-0.2, -0.15) is 0 Å². The van der Waals surface area contributed by atoms with Crippen LogP contribution >= 0.6 is 0 Å². The summed E-state index contributed by atoms with van der Waals surface area (Å²) in [6, 6.07) is 1.91. The highest BCUT2D eigenvalue weighted by molar-refractivity contribution is 5.85. The SMILES string of the molecule is CCn1c(O)c2c(c1O)-c1c(C)cc(OC)c(OC)c1CC2. The number of aromatic nitrogens is 1. The summed E-state index contributed by atoms with van der Waals surface area (Å²) in [6.07, 6.45) is 1.40. The minimum Gasteiger partial charge on any atom is -0.494 e. The molecule has 0 saturated heterocycles. The summed E-state index contributed by atoms with van der Waals surface area (Å²) < 4.78 is 12.5. The van der Waals surface area contributed by atoms with Crippen molar-refractivity contribution in [3.05, 3.63) is 22.8 Å². The maximum atomic E-state index is 10.5. The van der Waals surface area contributed by atoms with Crippen molar-refractivity contribution in [2.75, 3.05) is 14.2 Å². The van der Waals surface area contributed by atoms with Crippen LogP contribution in [0.2, 0.25) is 0 Å². The standard InChI is InChI=1S/C17H21NO4/c1-5-18-16(19)11-7-6-10-13(14(11)17(18)20)9(2)8-12(21-3)15(10)22-4/h8,19-20H,5-7H2,1-4H3. The Balaban J connectivity index is 2.36. The van der Waals surface area contributed by atoms with E-state index in [0.29, 0.717) is 24.5 Å². The Morgan fingerprint density at radius 1 is 1.05 bits per heavy atom. The van der Waals surface area contributed by atoms with Crippen LogP contribution in [0.25, 0.3) is 11.1 Å². The maximum absolute atomic E-state index is 10.5. The van der Waals surface area contributed by atoms with Gasteiger partial charge in [-0.05, 0) is 43.9 Å². The topological polar surface area (TPSA) is 63.9 Å². The zero-order valence-corrected chi connectivity index (χ0v) is 13.4. The predicted octanol–water partition coefficient (Wildman–Crippen LogP) is 3.01. The summed E-state index contributed by atoms with van der Waals surface area (Å²) >= 11 is 0. The Hall–Kier alpha value is -2.30. The molecule has 5 heteroatoms. The van der Waals surface area contributed by atoms with E-state index >= 15 is 0 Å². The van der Waals surface area contributed by atoms with Gasteiger partial charge in [0.05, 0.1) is 19.8 Å². The van der Waals surface area contributed by atoms with Gasteiger partial charge in [-0.1, -0.05) is 0 Å². The van der Waals surface area contributed by atoms with Gasteiger partial charge in [-0.3, -0.25) is 4.57 Å². The summed E-state index contributed by atoms with van der Waals surface area (Å²) in [4.78, 5) is 0. The summed E-state index contributed by atoms with van der Waals surface area (Å²) in [5.74, 6) is 1.68. The Kier molecular flexibility index (Phi) is 3.43. The average molecular weight is 303 g/mol. The first-order chi connectivity index (χ1) is 10.5. The van der Waals surface area contributed by atoms with Gasteiger partial charge in [0.2, 0.25) is 5.88 Å². The first kappa shape index (κ1) is 14.6. The smallest absolute Gasteiger partial charge is 0.202 e. The summed E-state index contributed by atoms with van der Waals surface area (Å²) in [5.41, 5.74) is 4.49. The Morgan fingerprint density at radius 2 is 1.73 bits per heavy atom. The lowest BCUT2D eigenvalue weighted by atomic mass is 9.84. The molecule has 1 aliphatic carbocycles. The molecule has 0 atom stereocenters. The van der Waals surface area contributed by atoms with Crippen LogP contribution in [0.5, 0.6) is 23.3 Å². The van der Waals surface area contributed by atoms with Gasteiger partial charge in [-0.25, -0.2) is 0 Å². The van der Waals surface area contributed by atoms with E-state index in [0.717, 1.165) is 34.2 Å². The van der Waals surface area contributed by atoms with Crippen LogP contribution in [0.4, 0.5) is 0 Å². The molecule has 0 fully saturated rings. The molecular formula is C17H21NO4. The van der Waals surface area contributed by atoms with Gasteiger partial charge in [-0.15, -0.1) is 0 Å². The minimum atomic E-state index is 0.117. The third-order valence-corrected chi connectivity index (χ3v) is 4.46. The van der Waals surface area contributed by atoms with Gasteiger partial charge >= 0.3 is 0 Å². The summed E-state index contributed by atoms with van der Waals surface area (Å²) in [6.45, 7) is 4.40. The van der Waals surface area contributed by atoms with Crippen molar-refractivity contribution in [1.82, 2.24) is 4.57 Å². The largest absolute Gasteiger partial charge is 0.494 e. The van der Waals surface area contributed by atoms with E-state index in [2.05, 4.69) is 0 Å². The third-order valence-electron chi connectivity index (χ3n) is 4.46. The number of rotatable bonds is 3. The lowest BCUT2D eigenvalue weighted by molar-refractivity contribution is 0.351. The van der Waals surface area contributed by atoms with Crippen LogP contribution in [-0.2, 0) is 19.4 Å². The van der Waals surface area contributed by atoms with Crippen molar-refractivity contribution in [3.63, 3.8) is 0 Å². The molecule has 0 bridgehead atoms. The molecule has 0 saturated carbocycles. The fourth-order valence-electron chi connectivity index (χ4n) is 3.49. The Labute approximate surface area is 129 Å². The molecule has 5 nitrogen and oxygen atoms in total. The third kappa shape index (κ3) is 1.78. The minimum absolute atomic E-state index is 0.117. The monoisotopic (exact) mass is 303 g/mol.